The molecule has 1 unspecified atom stereocenters. The Bertz CT molecular complexity index is 1130. The lowest BCUT2D eigenvalue weighted by atomic mass is 10.1. The summed E-state index contributed by atoms with van der Waals surface area (Å²) in [6.07, 6.45) is 1.92. The second kappa shape index (κ2) is 5.92. The maximum Gasteiger partial charge on any atom is 0.255 e. The molecule has 6 heteroatoms. The number of amides is 1. The molecule has 2 aromatic carbocycles. The lowest BCUT2D eigenvalue weighted by Gasteiger charge is -2.23. The van der Waals surface area contributed by atoms with Gasteiger partial charge in [-0.05, 0) is 43.5 Å². The summed E-state index contributed by atoms with van der Waals surface area (Å²) in [6.45, 7) is 2.82. The van der Waals surface area contributed by atoms with Crippen molar-refractivity contribution in [1.82, 2.24) is 19.9 Å². The van der Waals surface area contributed by atoms with E-state index in [4.69, 9.17) is 4.98 Å². The van der Waals surface area contributed by atoms with Crippen molar-refractivity contribution in [2.45, 2.75) is 25.8 Å². The first kappa shape index (κ1) is 15.5. The zero-order valence-corrected chi connectivity index (χ0v) is 15.2. The van der Waals surface area contributed by atoms with Crippen LogP contribution >= 0.6 is 11.3 Å². The molecule has 130 valence electrons. The first-order valence-electron chi connectivity index (χ1n) is 8.81. The number of nitrogens with zero attached hydrogens (tertiary/aromatic N) is 3. The summed E-state index contributed by atoms with van der Waals surface area (Å²) in [7, 11) is 0. The Labute approximate surface area is 154 Å². The van der Waals surface area contributed by atoms with Crippen molar-refractivity contribution >= 4 is 38.5 Å². The first-order chi connectivity index (χ1) is 12.7. The van der Waals surface area contributed by atoms with Crippen LogP contribution in [0.1, 0.15) is 40.6 Å². The molecule has 4 aromatic rings. The predicted octanol–water partition coefficient (Wildman–Crippen LogP) is 4.46. The summed E-state index contributed by atoms with van der Waals surface area (Å²) in [5, 5.41) is 0. The standard InChI is InChI=1S/C20H18N4OS/c1-12-5-2-7-14-17(12)23-19(22-14)16-9-4-10-24(16)20(25)13-6-3-8-15-18(13)26-11-21-15/h2-3,5-8,11,16H,4,9-10H2,1H3,(H,22,23). The van der Waals surface area contributed by atoms with Gasteiger partial charge in [0.1, 0.15) is 5.82 Å². The maximum atomic E-state index is 13.3. The molecule has 5 nitrogen and oxygen atoms in total. The van der Waals surface area contributed by atoms with Crippen LogP contribution in [-0.2, 0) is 0 Å². The van der Waals surface area contributed by atoms with Gasteiger partial charge in [-0.15, -0.1) is 11.3 Å². The number of aryl methyl sites for hydroxylation is 1. The zero-order valence-electron chi connectivity index (χ0n) is 14.4. The van der Waals surface area contributed by atoms with Crippen LogP contribution in [0.5, 0.6) is 0 Å². The van der Waals surface area contributed by atoms with E-state index in [2.05, 4.69) is 23.0 Å². The largest absolute Gasteiger partial charge is 0.340 e. The minimum atomic E-state index is -0.00234. The van der Waals surface area contributed by atoms with Crippen molar-refractivity contribution in [3.63, 3.8) is 0 Å². The van der Waals surface area contributed by atoms with Gasteiger partial charge < -0.3 is 9.88 Å². The summed E-state index contributed by atoms with van der Waals surface area (Å²) in [4.78, 5) is 27.8. The highest BCUT2D eigenvalue weighted by Gasteiger charge is 2.33. The normalized spacial score (nSPS) is 17.4. The van der Waals surface area contributed by atoms with Gasteiger partial charge in [0.2, 0.25) is 0 Å². The number of imidazole rings is 1. The Morgan fingerprint density at radius 3 is 3.04 bits per heavy atom. The molecule has 0 spiro atoms. The summed E-state index contributed by atoms with van der Waals surface area (Å²) >= 11 is 1.52. The molecule has 2 aromatic heterocycles. The number of para-hydroxylation sites is 1. The lowest BCUT2D eigenvalue weighted by molar-refractivity contribution is 0.0733. The number of rotatable bonds is 2. The molecule has 1 aliphatic heterocycles. The Morgan fingerprint density at radius 2 is 2.15 bits per heavy atom. The maximum absolute atomic E-state index is 13.3. The predicted molar refractivity (Wildman–Crippen MR) is 103 cm³/mol. The van der Waals surface area contributed by atoms with Crippen LogP contribution in [0.4, 0.5) is 0 Å². The molecule has 1 saturated heterocycles. The molecule has 0 radical (unpaired) electrons. The highest BCUT2D eigenvalue weighted by atomic mass is 32.1. The third-order valence-electron chi connectivity index (χ3n) is 5.15. The van der Waals surface area contributed by atoms with E-state index in [0.29, 0.717) is 0 Å². The van der Waals surface area contributed by atoms with Gasteiger partial charge in [0, 0.05) is 6.54 Å². The molecule has 0 aliphatic carbocycles. The lowest BCUT2D eigenvalue weighted by Crippen LogP contribution is -2.31. The first-order valence-corrected chi connectivity index (χ1v) is 9.69. The molecule has 0 bridgehead atoms. The number of hydrogen-bond acceptors (Lipinski definition) is 4. The van der Waals surface area contributed by atoms with Gasteiger partial charge in [0.05, 0.1) is 38.4 Å². The molecule has 26 heavy (non-hydrogen) atoms. The van der Waals surface area contributed by atoms with Gasteiger partial charge in [-0.2, -0.15) is 0 Å². The number of thiazole rings is 1. The van der Waals surface area contributed by atoms with E-state index in [9.17, 15) is 4.79 Å². The topological polar surface area (TPSA) is 61.9 Å². The Hall–Kier alpha value is -2.73. The summed E-state index contributed by atoms with van der Waals surface area (Å²) in [5.74, 6) is 0.955. The Morgan fingerprint density at radius 1 is 1.27 bits per heavy atom. The Balaban J connectivity index is 1.55. The van der Waals surface area contributed by atoms with Gasteiger partial charge in [-0.25, -0.2) is 9.97 Å². The number of aromatic nitrogens is 3. The van der Waals surface area contributed by atoms with Crippen molar-refractivity contribution in [1.29, 1.82) is 0 Å². The van der Waals surface area contributed by atoms with Crippen LogP contribution < -0.4 is 0 Å². The second-order valence-corrected chi connectivity index (χ2v) is 7.61. The number of likely N-dealkylation sites (tertiary alicyclic amines) is 1. The second-order valence-electron chi connectivity index (χ2n) is 6.76. The number of H-pyrrole nitrogens is 1. The smallest absolute Gasteiger partial charge is 0.255 e. The average molecular weight is 362 g/mol. The van der Waals surface area contributed by atoms with Crippen LogP contribution in [0.2, 0.25) is 0 Å². The van der Waals surface area contributed by atoms with Crippen molar-refractivity contribution in [2.75, 3.05) is 6.54 Å². The minimum Gasteiger partial charge on any atom is -0.340 e. The summed E-state index contributed by atoms with van der Waals surface area (Å²) in [6, 6.07) is 11.9. The fourth-order valence-electron chi connectivity index (χ4n) is 3.86. The van der Waals surface area contributed by atoms with Crippen LogP contribution in [0.15, 0.2) is 41.9 Å². The van der Waals surface area contributed by atoms with E-state index < -0.39 is 0 Å². The van der Waals surface area contributed by atoms with Gasteiger partial charge in [-0.3, -0.25) is 4.79 Å². The summed E-state index contributed by atoms with van der Waals surface area (Å²) < 4.78 is 0.962. The number of fused-ring (bicyclic) bond motifs is 2. The number of carbonyl (C=O) groups excluding carboxylic acids is 1. The van der Waals surface area contributed by atoms with E-state index in [1.807, 2.05) is 35.2 Å². The van der Waals surface area contributed by atoms with Crippen LogP contribution in [-0.4, -0.2) is 32.3 Å². The molecule has 1 fully saturated rings. The number of benzene rings is 2. The van der Waals surface area contributed by atoms with Crippen molar-refractivity contribution in [3.8, 4) is 0 Å². The third-order valence-corrected chi connectivity index (χ3v) is 6.02. The molecule has 1 aliphatic rings. The minimum absolute atomic E-state index is 0.00234. The van der Waals surface area contributed by atoms with E-state index >= 15 is 0 Å². The zero-order chi connectivity index (χ0) is 17.7. The van der Waals surface area contributed by atoms with Crippen molar-refractivity contribution in [2.24, 2.45) is 0 Å². The van der Waals surface area contributed by atoms with Gasteiger partial charge in [-0.1, -0.05) is 18.2 Å². The summed E-state index contributed by atoms with van der Waals surface area (Å²) in [5.41, 5.74) is 6.59. The SMILES string of the molecule is Cc1cccc2[nH]c(C3CCCN3C(=O)c3cccc4ncsc34)nc12. The molecule has 0 saturated carbocycles. The Kier molecular flexibility index (Phi) is 3.53. The molecular weight excluding hydrogens is 344 g/mol. The quantitative estimate of drug-likeness (QED) is 0.573. The van der Waals surface area contributed by atoms with Gasteiger partial charge in [0.15, 0.2) is 0 Å². The fraction of sp³-hybridized carbons (Fsp3) is 0.250. The highest BCUT2D eigenvalue weighted by molar-refractivity contribution is 7.17. The van der Waals surface area contributed by atoms with Gasteiger partial charge >= 0.3 is 0 Å². The number of nitrogens with one attached hydrogen (secondary N) is 1. The van der Waals surface area contributed by atoms with Crippen LogP contribution in [0.3, 0.4) is 0 Å². The highest BCUT2D eigenvalue weighted by Crippen LogP contribution is 2.34. The number of carbonyl (C=O) groups is 1. The van der Waals surface area contributed by atoms with E-state index in [1.54, 1.807) is 5.51 Å². The average Bonchev–Trinajstić information content (AvgIpc) is 3.38. The van der Waals surface area contributed by atoms with Crippen LogP contribution in [0.25, 0.3) is 21.3 Å². The number of hydrogen-bond donors (Lipinski definition) is 1. The molecular formula is C20H18N4OS. The van der Waals surface area contributed by atoms with E-state index in [-0.39, 0.29) is 11.9 Å². The van der Waals surface area contributed by atoms with Gasteiger partial charge in [0.25, 0.3) is 5.91 Å². The monoisotopic (exact) mass is 362 g/mol. The van der Waals surface area contributed by atoms with E-state index in [1.165, 1.54) is 11.3 Å². The van der Waals surface area contributed by atoms with Crippen LogP contribution in [0, 0.1) is 6.92 Å². The molecule has 1 amide bonds. The van der Waals surface area contributed by atoms with E-state index in [0.717, 1.165) is 57.6 Å². The molecule has 1 atom stereocenters. The number of aromatic amines is 1. The van der Waals surface area contributed by atoms with Crippen molar-refractivity contribution in [3.05, 3.63) is 58.9 Å². The van der Waals surface area contributed by atoms with Crippen molar-refractivity contribution < 1.29 is 4.79 Å². The molecule has 1 N–H and O–H groups in total. The molecule has 5 rings (SSSR count). The fourth-order valence-corrected chi connectivity index (χ4v) is 4.65. The molecule has 3 heterocycles. The third kappa shape index (κ3) is 2.33.